The highest BCUT2D eigenvalue weighted by Gasteiger charge is 2.35. The van der Waals surface area contributed by atoms with Crippen LogP contribution in [0.3, 0.4) is 0 Å². The number of hydrogen-bond donors (Lipinski definition) is 8. The van der Waals surface area contributed by atoms with E-state index in [9.17, 15) is 81.1 Å². The summed E-state index contributed by atoms with van der Waals surface area (Å²) in [7, 11) is 1.45. The molecule has 700 valence electrons. The topological polar surface area (TPSA) is 502 Å². The first-order chi connectivity index (χ1) is 62.9. The Morgan fingerprint density at radius 1 is 0.519 bits per heavy atom. The average Bonchev–Trinajstić information content (AvgIpc) is 1.63. The standard InChI is InChI=1S/C42H51N5O10.C37H43N5O8.C14H16N2O6.CH3F/c1-26(2)36(46-40(52)57-42(3,4)5)35(48)22-30(13-10-20-44-39(43)51)37(49)45-31-17-14-28(15-18-31)25-56-41(53)47-33-23-32(55-24-27-11-8-7-9-12-27)19-16-29(33)21-34(47)38(50)54-6;1-23(2)33(38)32(43)19-27(10-7-17-40-36(39)46)34(44)41-28-14-11-25(12-15-28)22-50-37(47)42-30-20-29(49-21-24-8-5-4-6-9-24)16-13-26(30)18-31(42)35(45)48-3;17-10-5-6-11(18)15(10)9-3-1-2-4-14(21)22-16-12(19)7-8-13(16)20;1-2/h7-9,11-12,14-19,21,23,26,30,36H,10,13,20,22,24-25H2,1-6H3,(H,45,49)(H,46,52)(H3,43,44,51);4-6,8-9,11-16,18,20,23,27,33H,7,10,17,19,21-22,38H2,1-3H3,(H,41,44)(H3,39,40,46);5-6H,1-4,7-9H2;1H3/t30-,36+;27-,33+;;/m11../s1/i;;;1D. The van der Waals surface area contributed by atoms with Gasteiger partial charge in [0, 0.05) is 110 Å². The number of halogens is 1. The Kier molecular flexibility index (Phi) is 39.9. The molecule has 0 saturated carbocycles. The summed E-state index contributed by atoms with van der Waals surface area (Å²) in [6.45, 7) is 13.5. The molecule has 0 unspecified atom stereocenters. The van der Waals surface area contributed by atoms with Gasteiger partial charge < -0.3 is 81.8 Å². The van der Waals surface area contributed by atoms with Crippen LogP contribution in [0, 0.1) is 23.7 Å². The maximum Gasteiger partial charge on any atom is 0.419 e. The third-order valence-electron chi connectivity index (χ3n) is 20.2. The molecular formula is C94H113FN12O24. The number of carbonyl (C=O) groups excluding carboxylic acids is 16. The number of ether oxygens (including phenoxy) is 7. The normalized spacial score (nSPS) is 13.1. The Morgan fingerprint density at radius 2 is 0.939 bits per heavy atom. The van der Waals surface area contributed by atoms with Gasteiger partial charge in [-0.1, -0.05) is 119 Å². The number of unbranched alkanes of at least 4 members (excludes halogenated alkanes) is 2. The first kappa shape index (κ1) is 102. The van der Waals surface area contributed by atoms with E-state index in [2.05, 4.69) is 26.6 Å². The predicted molar refractivity (Wildman–Crippen MR) is 479 cm³/mol. The van der Waals surface area contributed by atoms with Crippen molar-refractivity contribution in [1.82, 2.24) is 35.0 Å². The van der Waals surface area contributed by atoms with E-state index in [0.29, 0.717) is 119 Å². The van der Waals surface area contributed by atoms with Gasteiger partial charge in [-0.3, -0.25) is 47.6 Å². The van der Waals surface area contributed by atoms with E-state index in [1.165, 1.54) is 32.4 Å². The van der Waals surface area contributed by atoms with Crippen LogP contribution in [0.4, 0.5) is 39.7 Å². The number of primary amides is 2. The predicted octanol–water partition coefficient (Wildman–Crippen LogP) is 12.5. The minimum Gasteiger partial charge on any atom is -0.489 e. The van der Waals surface area contributed by atoms with Crippen molar-refractivity contribution in [1.29, 1.82) is 0 Å². The number of benzene rings is 6. The second kappa shape index (κ2) is 51.4. The Hall–Kier alpha value is -14.7. The molecular weight excluding hydrogens is 1700 g/mol. The highest BCUT2D eigenvalue weighted by Crippen LogP contribution is 2.31. The molecule has 1 saturated heterocycles. The number of urea groups is 2. The van der Waals surface area contributed by atoms with Gasteiger partial charge in [-0.05, 0) is 154 Å². The lowest BCUT2D eigenvalue weighted by atomic mass is 9.89. The van der Waals surface area contributed by atoms with Crippen molar-refractivity contribution in [3.8, 4) is 11.5 Å². The number of carbonyl (C=O) groups is 16. The van der Waals surface area contributed by atoms with Crippen molar-refractivity contribution < 1.29 is 120 Å². The number of hydrogen-bond acceptors (Lipinski definition) is 25. The number of methoxy groups -OCH3 is 2. The molecule has 2 aliphatic heterocycles. The van der Waals surface area contributed by atoms with Crippen molar-refractivity contribution in [3.63, 3.8) is 0 Å². The summed E-state index contributed by atoms with van der Waals surface area (Å²) in [4.78, 5) is 202. The summed E-state index contributed by atoms with van der Waals surface area (Å²) in [6, 6.07) is 42.8. The van der Waals surface area contributed by atoms with Crippen molar-refractivity contribution >= 4 is 128 Å². The molecule has 1 fully saturated rings. The molecule has 0 spiro atoms. The molecule has 36 nitrogen and oxygen atoms in total. The highest BCUT2D eigenvalue weighted by atomic mass is 19.1. The van der Waals surface area contributed by atoms with E-state index in [1.807, 2.05) is 74.5 Å². The number of nitrogens with one attached hydrogen (secondary N) is 5. The SMILES string of the molecule is COC(=O)c1cc2ccc(OCc3ccccc3)cc2n1C(=O)OCc1ccc(NC(=O)[C@H](CCCNC(N)=O)CC(=O)[C@@H](N)C(C)C)cc1.COC(=O)c1cc2ccc(OCc3ccccc3)cc2n1C(=O)OCc1ccc(NC(=O)[C@H](CCCNC(N)=O)CC(=O)[C@@H](NC(=O)OC(C)(C)C)C(C)C)cc1.O=C(CCCCCN1C(=O)C=CC1=O)ON1C(=O)CCC1=O.[2H]CF. The van der Waals surface area contributed by atoms with E-state index in [4.69, 9.17) is 56.6 Å². The molecule has 4 atom stereocenters. The van der Waals surface area contributed by atoms with Gasteiger partial charge in [0.05, 0.1) is 45.9 Å². The van der Waals surface area contributed by atoms with Crippen molar-refractivity contribution in [2.24, 2.45) is 40.9 Å². The summed E-state index contributed by atoms with van der Waals surface area (Å²) in [5, 5.41) is 15.0. The fraction of sp³-hybridized carbons (Fsp3) is 0.383. The van der Waals surface area contributed by atoms with E-state index in [-0.39, 0.29) is 117 Å². The van der Waals surface area contributed by atoms with Gasteiger partial charge in [-0.15, -0.1) is 5.06 Å². The number of hydroxylamine groups is 2. The lowest BCUT2D eigenvalue weighted by molar-refractivity contribution is -0.197. The third-order valence-corrected chi connectivity index (χ3v) is 20.2. The third kappa shape index (κ3) is 32.9. The van der Waals surface area contributed by atoms with Gasteiger partial charge in [-0.2, -0.15) is 0 Å². The van der Waals surface area contributed by atoms with Crippen LogP contribution in [0.2, 0.25) is 0 Å². The number of amides is 11. The fourth-order valence-electron chi connectivity index (χ4n) is 13.3. The number of nitrogens with zero attached hydrogens (tertiary/aromatic N) is 4. The molecule has 11 amide bonds. The summed E-state index contributed by atoms with van der Waals surface area (Å²) >= 11 is 0. The number of nitrogens with two attached hydrogens (primary N) is 3. The molecule has 4 heterocycles. The molecule has 0 bridgehead atoms. The van der Waals surface area contributed by atoms with Gasteiger partial charge in [0.15, 0.2) is 11.6 Å². The van der Waals surface area contributed by atoms with E-state index < -0.39 is 103 Å². The summed E-state index contributed by atoms with van der Waals surface area (Å²) in [5.41, 5.74) is 20.4. The maximum absolute atomic E-state index is 13.6. The van der Waals surface area contributed by atoms with Gasteiger partial charge >= 0.3 is 48.2 Å². The number of fused-ring (bicyclic) bond motifs is 2. The van der Waals surface area contributed by atoms with Crippen molar-refractivity contribution in [2.75, 3.05) is 51.6 Å². The molecule has 11 N–H and O–H groups in total. The van der Waals surface area contributed by atoms with Crippen LogP contribution in [0.25, 0.3) is 21.8 Å². The molecule has 2 aromatic heterocycles. The monoisotopic (exact) mass is 1810 g/mol. The Labute approximate surface area is 757 Å². The lowest BCUT2D eigenvalue weighted by Gasteiger charge is -2.26. The van der Waals surface area contributed by atoms with Crippen LogP contribution in [0.1, 0.15) is 170 Å². The number of alkyl carbamates (subject to hydrolysis) is 1. The number of ketones is 2. The van der Waals surface area contributed by atoms with Gasteiger partial charge in [0.2, 0.25) is 11.8 Å². The zero-order valence-electron chi connectivity index (χ0n) is 75.5. The zero-order chi connectivity index (χ0) is 96.7. The average molecular weight is 1820 g/mol. The zero-order valence-corrected chi connectivity index (χ0v) is 74.5. The minimum absolute atomic E-state index is 0.00133. The number of anilines is 2. The van der Waals surface area contributed by atoms with Crippen LogP contribution in [0.5, 0.6) is 11.5 Å². The van der Waals surface area contributed by atoms with Gasteiger partial charge in [-0.25, -0.2) is 47.5 Å². The summed E-state index contributed by atoms with van der Waals surface area (Å²) in [5.74, 6) is -5.96. The summed E-state index contributed by atoms with van der Waals surface area (Å²) in [6.07, 6.45) is 3.13. The first-order valence-electron chi connectivity index (χ1n) is 42.9. The first-order valence-corrected chi connectivity index (χ1v) is 42.2. The lowest BCUT2D eigenvalue weighted by Crippen LogP contribution is -2.47. The Morgan fingerprint density at radius 3 is 1.34 bits per heavy atom. The van der Waals surface area contributed by atoms with E-state index >= 15 is 0 Å². The number of alkyl halides is 1. The Bertz CT molecular complexity index is 5350. The van der Waals surface area contributed by atoms with Crippen LogP contribution in [-0.4, -0.2) is 173 Å². The molecule has 37 heteroatoms. The highest BCUT2D eigenvalue weighted by molar-refractivity contribution is 6.13. The number of rotatable bonds is 40. The Balaban J connectivity index is 0.000000288. The van der Waals surface area contributed by atoms with Crippen LogP contribution < -0.4 is 53.3 Å². The molecule has 0 radical (unpaired) electrons. The number of aromatic nitrogens is 2. The molecule has 0 aliphatic carbocycles. The second-order valence-corrected chi connectivity index (χ2v) is 31.9. The van der Waals surface area contributed by atoms with Crippen LogP contribution >= 0.6 is 0 Å². The number of Topliss-reactive ketones (excluding diaryl/α,β-unsaturated/α-hetero) is 2. The number of esters is 2. The van der Waals surface area contributed by atoms with Crippen molar-refractivity contribution in [2.45, 2.75) is 170 Å². The molecule has 131 heavy (non-hydrogen) atoms. The van der Waals surface area contributed by atoms with Crippen LogP contribution in [0.15, 0.2) is 170 Å². The molecule has 2 aliphatic rings. The quantitative estimate of drug-likeness (QED) is 0.00765. The fourth-order valence-corrected chi connectivity index (χ4v) is 13.3. The van der Waals surface area contributed by atoms with Gasteiger partial charge in [0.25, 0.3) is 23.6 Å². The van der Waals surface area contributed by atoms with Crippen molar-refractivity contribution in [3.05, 3.63) is 204 Å². The minimum atomic E-state index is -1.00. The summed E-state index contributed by atoms with van der Waals surface area (Å²) < 4.78 is 56.1. The van der Waals surface area contributed by atoms with Crippen LogP contribution in [-0.2, 0) is 98.1 Å². The molecule has 8 aromatic rings. The van der Waals surface area contributed by atoms with Gasteiger partial charge in [0.1, 0.15) is 54.9 Å². The largest absolute Gasteiger partial charge is 0.489 e. The van der Waals surface area contributed by atoms with E-state index in [1.54, 1.807) is 126 Å². The van der Waals surface area contributed by atoms with E-state index in [0.717, 1.165) is 25.2 Å². The number of imide groups is 2. The molecule has 6 aromatic carbocycles. The smallest absolute Gasteiger partial charge is 0.419 e. The maximum atomic E-state index is 13.6. The molecule has 10 rings (SSSR count). The second-order valence-electron chi connectivity index (χ2n) is 31.9.